The van der Waals surface area contributed by atoms with Crippen molar-refractivity contribution in [1.82, 2.24) is 9.80 Å². The summed E-state index contributed by atoms with van der Waals surface area (Å²) in [4.78, 5) is 5.38. The standard InChI is InChI=1S/C24H48N2O/c1-6-8-22(5)27-24-13-11-23(12-14-24)10-9-20(3)19-25-15-17-26(18-16-25)21(4)7-2/h20-24H,6-19H2,1-5H3/t20-,21?,22?,23?,24?/m1/s1. The van der Waals surface area contributed by atoms with E-state index in [4.69, 9.17) is 4.74 Å². The summed E-state index contributed by atoms with van der Waals surface area (Å²) in [6.07, 6.45) is 13.0. The fourth-order valence-corrected chi connectivity index (χ4v) is 5.06. The maximum atomic E-state index is 6.23. The molecule has 1 aliphatic heterocycles. The van der Waals surface area contributed by atoms with E-state index in [-0.39, 0.29) is 0 Å². The molecule has 1 saturated carbocycles. The van der Waals surface area contributed by atoms with Crippen LogP contribution in [0.4, 0.5) is 0 Å². The highest BCUT2D eigenvalue weighted by molar-refractivity contribution is 4.78. The molecule has 2 aliphatic rings. The molecule has 2 rings (SSSR count). The van der Waals surface area contributed by atoms with Crippen LogP contribution in [0.2, 0.25) is 0 Å². The minimum absolute atomic E-state index is 0.456. The number of nitrogens with zero attached hydrogens (tertiary/aromatic N) is 2. The van der Waals surface area contributed by atoms with Crippen molar-refractivity contribution in [2.45, 2.75) is 111 Å². The van der Waals surface area contributed by atoms with Gasteiger partial charge in [-0.15, -0.1) is 0 Å². The molecule has 1 saturated heterocycles. The molecule has 0 spiro atoms. The zero-order chi connectivity index (χ0) is 19.6. The highest BCUT2D eigenvalue weighted by atomic mass is 16.5. The van der Waals surface area contributed by atoms with Crippen molar-refractivity contribution in [3.63, 3.8) is 0 Å². The van der Waals surface area contributed by atoms with Crippen LogP contribution in [0.1, 0.15) is 92.4 Å². The predicted molar refractivity (Wildman–Crippen MR) is 117 cm³/mol. The molecule has 0 aromatic rings. The summed E-state index contributed by atoms with van der Waals surface area (Å²) in [7, 11) is 0. The van der Waals surface area contributed by atoms with Gasteiger partial charge in [0.15, 0.2) is 0 Å². The Bertz CT molecular complexity index is 373. The zero-order valence-corrected chi connectivity index (χ0v) is 19.1. The van der Waals surface area contributed by atoms with Crippen molar-refractivity contribution in [2.75, 3.05) is 32.7 Å². The topological polar surface area (TPSA) is 15.7 Å². The highest BCUT2D eigenvalue weighted by Crippen LogP contribution is 2.31. The van der Waals surface area contributed by atoms with Crippen LogP contribution in [-0.2, 0) is 4.74 Å². The number of piperazine rings is 1. The average molecular weight is 381 g/mol. The third-order valence-electron chi connectivity index (χ3n) is 7.17. The third kappa shape index (κ3) is 8.41. The molecule has 0 amide bonds. The lowest BCUT2D eigenvalue weighted by molar-refractivity contribution is -0.0323. The van der Waals surface area contributed by atoms with E-state index >= 15 is 0 Å². The molecule has 2 unspecified atom stereocenters. The summed E-state index contributed by atoms with van der Waals surface area (Å²) < 4.78 is 6.23. The first-order valence-electron chi connectivity index (χ1n) is 12.1. The van der Waals surface area contributed by atoms with Gasteiger partial charge in [0.25, 0.3) is 0 Å². The molecular weight excluding hydrogens is 332 g/mol. The van der Waals surface area contributed by atoms with Gasteiger partial charge < -0.3 is 9.64 Å². The summed E-state index contributed by atoms with van der Waals surface area (Å²) in [5, 5.41) is 0. The van der Waals surface area contributed by atoms with E-state index in [1.165, 1.54) is 90.5 Å². The molecule has 0 bridgehead atoms. The minimum Gasteiger partial charge on any atom is -0.375 e. The van der Waals surface area contributed by atoms with E-state index < -0.39 is 0 Å². The Morgan fingerprint density at radius 3 is 2.15 bits per heavy atom. The van der Waals surface area contributed by atoms with Crippen LogP contribution in [0.15, 0.2) is 0 Å². The van der Waals surface area contributed by atoms with Crippen molar-refractivity contribution < 1.29 is 4.74 Å². The molecule has 160 valence electrons. The Hall–Kier alpha value is -0.120. The molecule has 2 fully saturated rings. The Kier molecular flexibility index (Phi) is 10.7. The van der Waals surface area contributed by atoms with Crippen LogP contribution in [0.3, 0.4) is 0 Å². The van der Waals surface area contributed by atoms with E-state index in [2.05, 4.69) is 44.4 Å². The Balaban J connectivity index is 1.56. The van der Waals surface area contributed by atoms with Crippen molar-refractivity contribution in [2.24, 2.45) is 11.8 Å². The number of ether oxygens (including phenoxy) is 1. The summed E-state index contributed by atoms with van der Waals surface area (Å²) in [5.41, 5.74) is 0. The van der Waals surface area contributed by atoms with Gasteiger partial charge in [-0.25, -0.2) is 0 Å². The molecule has 1 aliphatic carbocycles. The Morgan fingerprint density at radius 1 is 0.889 bits per heavy atom. The normalized spacial score (nSPS) is 28.8. The molecule has 0 aromatic carbocycles. The van der Waals surface area contributed by atoms with Gasteiger partial charge in [0.05, 0.1) is 12.2 Å². The minimum atomic E-state index is 0.456. The van der Waals surface area contributed by atoms with Crippen LogP contribution in [0.25, 0.3) is 0 Å². The maximum absolute atomic E-state index is 6.23. The zero-order valence-electron chi connectivity index (χ0n) is 19.1. The molecule has 1 heterocycles. The first kappa shape index (κ1) is 23.2. The van der Waals surface area contributed by atoms with E-state index in [1.807, 2.05) is 0 Å². The maximum Gasteiger partial charge on any atom is 0.0579 e. The Morgan fingerprint density at radius 2 is 1.56 bits per heavy atom. The fraction of sp³-hybridized carbons (Fsp3) is 1.00. The quantitative estimate of drug-likeness (QED) is 0.465. The molecule has 0 radical (unpaired) electrons. The summed E-state index contributed by atoms with van der Waals surface area (Å²) in [6.45, 7) is 18.0. The van der Waals surface area contributed by atoms with E-state index in [1.54, 1.807) is 0 Å². The lowest BCUT2D eigenvalue weighted by atomic mass is 9.83. The van der Waals surface area contributed by atoms with Gasteiger partial charge in [-0.2, -0.15) is 0 Å². The molecule has 3 nitrogen and oxygen atoms in total. The smallest absolute Gasteiger partial charge is 0.0579 e. The van der Waals surface area contributed by atoms with Crippen molar-refractivity contribution >= 4 is 0 Å². The highest BCUT2D eigenvalue weighted by Gasteiger charge is 2.24. The van der Waals surface area contributed by atoms with E-state index in [0.717, 1.165) is 17.9 Å². The van der Waals surface area contributed by atoms with Crippen molar-refractivity contribution in [3.05, 3.63) is 0 Å². The third-order valence-corrected chi connectivity index (χ3v) is 7.17. The second-order valence-electron chi connectivity index (χ2n) is 9.65. The number of rotatable bonds is 11. The molecule has 3 atom stereocenters. The van der Waals surface area contributed by atoms with E-state index in [0.29, 0.717) is 12.2 Å². The predicted octanol–water partition coefficient (Wildman–Crippen LogP) is 5.58. The summed E-state index contributed by atoms with van der Waals surface area (Å²) >= 11 is 0. The van der Waals surface area contributed by atoms with Gasteiger partial charge in [0.1, 0.15) is 0 Å². The lowest BCUT2D eigenvalue weighted by Gasteiger charge is -2.39. The van der Waals surface area contributed by atoms with Crippen LogP contribution < -0.4 is 0 Å². The number of hydrogen-bond acceptors (Lipinski definition) is 3. The van der Waals surface area contributed by atoms with Gasteiger partial charge in [-0.05, 0) is 70.6 Å². The van der Waals surface area contributed by atoms with Crippen molar-refractivity contribution in [1.29, 1.82) is 0 Å². The molecule has 3 heteroatoms. The Labute approximate surface area is 170 Å². The van der Waals surface area contributed by atoms with Crippen LogP contribution in [0, 0.1) is 11.8 Å². The monoisotopic (exact) mass is 380 g/mol. The van der Waals surface area contributed by atoms with Gasteiger partial charge >= 0.3 is 0 Å². The SMILES string of the molecule is CCCC(C)OC1CCC(CC[C@@H](C)CN2CCN(C(C)CC)CC2)CC1. The van der Waals surface area contributed by atoms with Crippen molar-refractivity contribution in [3.8, 4) is 0 Å². The molecule has 0 aromatic heterocycles. The van der Waals surface area contributed by atoms with Crippen LogP contribution in [-0.4, -0.2) is 60.8 Å². The first-order chi connectivity index (χ1) is 13.0. The summed E-state index contributed by atoms with van der Waals surface area (Å²) in [5.74, 6) is 1.80. The average Bonchev–Trinajstić information content (AvgIpc) is 2.67. The van der Waals surface area contributed by atoms with Gasteiger partial charge in [-0.1, -0.05) is 33.6 Å². The molecule has 27 heavy (non-hydrogen) atoms. The largest absolute Gasteiger partial charge is 0.375 e. The van der Waals surface area contributed by atoms with Gasteiger partial charge in [0, 0.05) is 38.8 Å². The first-order valence-corrected chi connectivity index (χ1v) is 12.1. The fourth-order valence-electron chi connectivity index (χ4n) is 5.06. The van der Waals surface area contributed by atoms with Gasteiger partial charge in [0.2, 0.25) is 0 Å². The second-order valence-corrected chi connectivity index (χ2v) is 9.65. The van der Waals surface area contributed by atoms with Crippen LogP contribution >= 0.6 is 0 Å². The molecular formula is C24H48N2O. The van der Waals surface area contributed by atoms with E-state index in [9.17, 15) is 0 Å². The summed E-state index contributed by atoms with van der Waals surface area (Å²) in [6, 6.07) is 0.758. The van der Waals surface area contributed by atoms with Gasteiger partial charge in [-0.3, -0.25) is 4.90 Å². The number of hydrogen-bond donors (Lipinski definition) is 0. The van der Waals surface area contributed by atoms with Crippen LogP contribution in [0.5, 0.6) is 0 Å². The lowest BCUT2D eigenvalue weighted by Crippen LogP contribution is -2.50. The second kappa shape index (κ2) is 12.4. The molecule has 0 N–H and O–H groups in total.